The first-order valence-electron chi connectivity index (χ1n) is 6.54. The molecule has 21 heavy (non-hydrogen) atoms. The smallest absolute Gasteiger partial charge is 0.326 e. The van der Waals surface area contributed by atoms with Crippen LogP contribution in [-0.4, -0.2) is 41.8 Å². The Balaban J connectivity index is 2.29. The first-order valence-corrected chi connectivity index (χ1v) is 6.92. The molecule has 0 aromatic heterocycles. The summed E-state index contributed by atoms with van der Waals surface area (Å²) < 4.78 is 10.4. The highest BCUT2D eigenvalue weighted by Crippen LogP contribution is 2.37. The van der Waals surface area contributed by atoms with E-state index in [4.69, 9.17) is 21.1 Å². The Morgan fingerprint density at radius 2 is 2.00 bits per heavy atom. The molecule has 0 radical (unpaired) electrons. The molecule has 0 spiro atoms. The lowest BCUT2D eigenvalue weighted by Gasteiger charge is -2.25. The fraction of sp³-hybridized carbons (Fsp3) is 0.429. The highest BCUT2D eigenvalue weighted by Gasteiger charge is 2.29. The van der Waals surface area contributed by atoms with Gasteiger partial charge in [0, 0.05) is 13.1 Å². The van der Waals surface area contributed by atoms with Gasteiger partial charge in [0.25, 0.3) is 5.91 Å². The number of benzene rings is 1. The highest BCUT2D eigenvalue weighted by molar-refractivity contribution is 6.34. The highest BCUT2D eigenvalue weighted by atomic mass is 35.5. The fourth-order valence-corrected chi connectivity index (χ4v) is 2.40. The number of hydrogen-bond donors (Lipinski definition) is 1. The molecular weight excluding hydrogens is 298 g/mol. The van der Waals surface area contributed by atoms with Gasteiger partial charge in [-0.25, -0.2) is 4.79 Å². The molecule has 1 atom stereocenters. The Morgan fingerprint density at radius 3 is 2.57 bits per heavy atom. The summed E-state index contributed by atoms with van der Waals surface area (Å²) in [7, 11) is 1.46. The second kappa shape index (κ2) is 6.22. The first-order chi connectivity index (χ1) is 9.95. The van der Waals surface area contributed by atoms with Crippen LogP contribution in [-0.2, 0) is 4.79 Å². The van der Waals surface area contributed by atoms with Crippen LogP contribution in [0.5, 0.6) is 11.5 Å². The maximum Gasteiger partial charge on any atom is 0.326 e. The van der Waals surface area contributed by atoms with Crippen LogP contribution in [0, 0.1) is 0 Å². The zero-order valence-corrected chi connectivity index (χ0v) is 12.5. The van der Waals surface area contributed by atoms with Gasteiger partial charge in [0.15, 0.2) is 11.5 Å². The van der Waals surface area contributed by atoms with Crippen molar-refractivity contribution in [3.8, 4) is 11.5 Å². The lowest BCUT2D eigenvalue weighted by Crippen LogP contribution is -2.42. The molecule has 6 nitrogen and oxygen atoms in total. The van der Waals surface area contributed by atoms with E-state index in [2.05, 4.69) is 0 Å². The van der Waals surface area contributed by atoms with Crippen molar-refractivity contribution in [1.29, 1.82) is 0 Å². The summed E-state index contributed by atoms with van der Waals surface area (Å²) in [5.74, 6) is -0.593. The Hall–Kier alpha value is -1.95. The van der Waals surface area contributed by atoms with Gasteiger partial charge in [-0.05, 0) is 12.5 Å². The summed E-state index contributed by atoms with van der Waals surface area (Å²) in [5.41, 5.74) is 0.200. The summed E-state index contributed by atoms with van der Waals surface area (Å²) >= 11 is 6.08. The summed E-state index contributed by atoms with van der Waals surface area (Å²) in [6.07, 6.45) is 1.03. The molecule has 0 saturated heterocycles. The number of carboxylic acids is 1. The maximum atomic E-state index is 12.5. The topological polar surface area (TPSA) is 76.1 Å². The number of rotatable bonds is 5. The Kier molecular flexibility index (Phi) is 4.57. The molecule has 1 heterocycles. The normalized spacial score (nSPS) is 13.9. The first kappa shape index (κ1) is 15.4. The number of carbonyl (C=O) groups is 2. The molecule has 1 aromatic rings. The van der Waals surface area contributed by atoms with E-state index in [1.165, 1.54) is 24.1 Å². The molecule has 0 saturated carbocycles. The average Bonchev–Trinajstić information content (AvgIpc) is 2.89. The molecule has 0 fully saturated rings. The van der Waals surface area contributed by atoms with Gasteiger partial charge >= 0.3 is 5.97 Å². The predicted molar refractivity (Wildman–Crippen MR) is 76.0 cm³/mol. The van der Waals surface area contributed by atoms with Crippen LogP contribution in [0.25, 0.3) is 0 Å². The van der Waals surface area contributed by atoms with E-state index in [1.54, 1.807) is 0 Å². The molecule has 1 aliphatic heterocycles. The SMILES string of the molecule is CCCC(C(=O)O)N(C)C(=O)c1cc2c(cc1Cl)OCO2. The number of amides is 1. The quantitative estimate of drug-likeness (QED) is 0.903. The third-order valence-corrected chi connectivity index (χ3v) is 3.64. The number of hydrogen-bond acceptors (Lipinski definition) is 4. The van der Waals surface area contributed by atoms with Crippen molar-refractivity contribution in [2.24, 2.45) is 0 Å². The number of likely N-dealkylation sites (N-methyl/N-ethyl adjacent to an activating group) is 1. The largest absolute Gasteiger partial charge is 0.480 e. The lowest BCUT2D eigenvalue weighted by molar-refractivity contribution is -0.142. The number of nitrogens with zero attached hydrogens (tertiary/aromatic N) is 1. The summed E-state index contributed by atoms with van der Waals surface area (Å²) in [6.45, 7) is 1.94. The zero-order valence-electron chi connectivity index (χ0n) is 11.8. The molecule has 0 aliphatic carbocycles. The Bertz CT molecular complexity index is 575. The van der Waals surface area contributed by atoms with E-state index in [1.807, 2.05) is 6.92 Å². The van der Waals surface area contributed by atoms with Crippen LogP contribution >= 0.6 is 11.6 Å². The van der Waals surface area contributed by atoms with Crippen LogP contribution < -0.4 is 9.47 Å². The van der Waals surface area contributed by atoms with Crippen LogP contribution in [0.15, 0.2) is 12.1 Å². The molecule has 1 N–H and O–H groups in total. The second-order valence-electron chi connectivity index (χ2n) is 4.74. The van der Waals surface area contributed by atoms with Gasteiger partial charge in [-0.1, -0.05) is 24.9 Å². The molecule has 2 rings (SSSR count). The van der Waals surface area contributed by atoms with E-state index < -0.39 is 17.9 Å². The Morgan fingerprint density at radius 1 is 1.38 bits per heavy atom. The summed E-state index contributed by atoms with van der Waals surface area (Å²) in [4.78, 5) is 24.9. The molecular formula is C14H16ClNO5. The van der Waals surface area contributed by atoms with E-state index in [9.17, 15) is 14.7 Å². The monoisotopic (exact) mass is 313 g/mol. The van der Waals surface area contributed by atoms with Crippen LogP contribution in [0.2, 0.25) is 5.02 Å². The predicted octanol–water partition coefficient (Wildman–Crippen LogP) is 2.39. The van der Waals surface area contributed by atoms with Crippen molar-refractivity contribution in [2.75, 3.05) is 13.8 Å². The number of carboxylic acid groups (broad SMARTS) is 1. The van der Waals surface area contributed by atoms with E-state index in [-0.39, 0.29) is 17.4 Å². The molecule has 1 aromatic carbocycles. The molecule has 7 heteroatoms. The summed E-state index contributed by atoms with van der Waals surface area (Å²) in [5, 5.41) is 9.43. The fourth-order valence-electron chi connectivity index (χ4n) is 2.17. The van der Waals surface area contributed by atoms with Gasteiger partial charge < -0.3 is 19.5 Å². The van der Waals surface area contributed by atoms with Crippen molar-refractivity contribution >= 4 is 23.5 Å². The number of fused-ring (bicyclic) bond motifs is 1. The number of ether oxygens (including phenoxy) is 2. The van der Waals surface area contributed by atoms with E-state index >= 15 is 0 Å². The minimum absolute atomic E-state index is 0.0761. The molecule has 1 unspecified atom stereocenters. The number of carbonyl (C=O) groups excluding carboxylic acids is 1. The van der Waals surface area contributed by atoms with Crippen molar-refractivity contribution in [3.63, 3.8) is 0 Å². The van der Waals surface area contributed by atoms with Gasteiger partial charge in [0.2, 0.25) is 6.79 Å². The van der Waals surface area contributed by atoms with Gasteiger partial charge in [-0.2, -0.15) is 0 Å². The van der Waals surface area contributed by atoms with Gasteiger partial charge in [0.1, 0.15) is 6.04 Å². The molecule has 1 aliphatic rings. The van der Waals surface area contributed by atoms with Gasteiger partial charge in [-0.15, -0.1) is 0 Å². The maximum absolute atomic E-state index is 12.5. The van der Waals surface area contributed by atoms with Gasteiger partial charge in [-0.3, -0.25) is 4.79 Å². The Labute approximate surface area is 127 Å². The van der Waals surface area contributed by atoms with Crippen LogP contribution in [0.4, 0.5) is 0 Å². The summed E-state index contributed by atoms with van der Waals surface area (Å²) in [6, 6.07) is 2.10. The second-order valence-corrected chi connectivity index (χ2v) is 5.15. The van der Waals surface area contributed by atoms with Crippen molar-refractivity contribution in [3.05, 3.63) is 22.7 Å². The number of aliphatic carboxylic acids is 1. The standard InChI is InChI=1S/C14H16ClNO5/c1-3-4-10(14(18)19)16(2)13(17)8-5-11-12(6-9(8)15)21-7-20-11/h5-6,10H,3-4,7H2,1-2H3,(H,18,19). The van der Waals surface area contributed by atoms with Crippen LogP contribution in [0.1, 0.15) is 30.1 Å². The third kappa shape index (κ3) is 3.05. The van der Waals surface area contributed by atoms with E-state index in [0.29, 0.717) is 24.3 Å². The zero-order chi connectivity index (χ0) is 15.6. The molecule has 114 valence electrons. The average molecular weight is 314 g/mol. The lowest BCUT2D eigenvalue weighted by atomic mass is 10.1. The van der Waals surface area contributed by atoms with Crippen molar-refractivity contribution < 1.29 is 24.2 Å². The minimum Gasteiger partial charge on any atom is -0.480 e. The number of halogens is 1. The van der Waals surface area contributed by atoms with Gasteiger partial charge in [0.05, 0.1) is 10.6 Å². The van der Waals surface area contributed by atoms with Crippen LogP contribution in [0.3, 0.4) is 0 Å². The third-order valence-electron chi connectivity index (χ3n) is 3.33. The van der Waals surface area contributed by atoms with E-state index in [0.717, 1.165) is 0 Å². The van der Waals surface area contributed by atoms with Crippen molar-refractivity contribution in [2.45, 2.75) is 25.8 Å². The minimum atomic E-state index is -1.04. The van der Waals surface area contributed by atoms with Crippen molar-refractivity contribution in [1.82, 2.24) is 4.90 Å². The molecule has 0 bridgehead atoms. The molecule has 1 amide bonds.